The van der Waals surface area contributed by atoms with E-state index >= 15 is 0 Å². The lowest BCUT2D eigenvalue weighted by Crippen LogP contribution is -2.42. The summed E-state index contributed by atoms with van der Waals surface area (Å²) in [5.41, 5.74) is 3.36. The van der Waals surface area contributed by atoms with E-state index in [4.69, 9.17) is 27.9 Å². The number of allylic oxidation sites excluding steroid dienone is 4. The number of thioether (sulfide) groups is 1. The van der Waals surface area contributed by atoms with Crippen molar-refractivity contribution in [1.82, 2.24) is 10.2 Å². The van der Waals surface area contributed by atoms with Crippen LogP contribution in [0.15, 0.2) is 149 Å². The first-order valence-corrected chi connectivity index (χ1v) is 18.2. The Morgan fingerprint density at radius 3 is 2.16 bits per heavy atom. The molecule has 4 aromatic rings. The van der Waals surface area contributed by atoms with E-state index in [2.05, 4.69) is 32.8 Å². The average molecular weight is 802 g/mol. The van der Waals surface area contributed by atoms with Gasteiger partial charge in [0.15, 0.2) is 10.9 Å². The van der Waals surface area contributed by atoms with Gasteiger partial charge in [0.05, 0.1) is 21.8 Å². The number of rotatable bonds is 12. The molecule has 7 nitrogen and oxygen atoms in total. The first-order valence-electron chi connectivity index (χ1n) is 15.7. The van der Waals surface area contributed by atoms with Crippen LogP contribution in [0.2, 0.25) is 10.0 Å². The summed E-state index contributed by atoms with van der Waals surface area (Å²) in [6.45, 7) is 5.70. The first kappa shape index (κ1) is 37.6. The molecule has 0 spiro atoms. The number of carbonyl (C=O) groups is 3. The van der Waals surface area contributed by atoms with Gasteiger partial charge in [0, 0.05) is 10.2 Å². The van der Waals surface area contributed by atoms with Crippen molar-refractivity contribution < 1.29 is 19.1 Å². The second-order valence-corrected chi connectivity index (χ2v) is 13.7. The highest BCUT2D eigenvalue weighted by molar-refractivity contribution is 9.10. The Balaban J connectivity index is 1.39. The minimum Gasteiger partial charge on any atom is -0.486 e. The molecule has 0 fully saturated rings. The third-order valence-corrected chi connectivity index (χ3v) is 9.57. The minimum atomic E-state index is -0.767. The SMILES string of the molecule is C=C/C=C\C(=C/C)N1C(=O)/C(=C/c2cc(Cl)c(OCc3ccc(Br)cc3)c(Cl)c2)C(=O)N=C1SCC(=O)NC(c1ccccc1)c1ccccc1. The van der Waals surface area contributed by atoms with Crippen LogP contribution in [0.25, 0.3) is 6.08 Å². The van der Waals surface area contributed by atoms with Crippen molar-refractivity contribution in [1.29, 1.82) is 0 Å². The van der Waals surface area contributed by atoms with Gasteiger partial charge in [-0.25, -0.2) is 0 Å². The zero-order chi connectivity index (χ0) is 36.3. The fourth-order valence-electron chi connectivity index (χ4n) is 5.10. The van der Waals surface area contributed by atoms with Crippen LogP contribution >= 0.6 is 50.9 Å². The third-order valence-electron chi connectivity index (χ3n) is 7.54. The molecule has 0 radical (unpaired) electrons. The van der Waals surface area contributed by atoms with Crippen LogP contribution in [0, 0.1) is 0 Å². The van der Waals surface area contributed by atoms with Crippen molar-refractivity contribution in [3.05, 3.63) is 176 Å². The summed E-state index contributed by atoms with van der Waals surface area (Å²) in [4.78, 5) is 46.5. The lowest BCUT2D eigenvalue weighted by Gasteiger charge is -2.28. The molecule has 1 aliphatic rings. The van der Waals surface area contributed by atoms with Gasteiger partial charge in [-0.15, -0.1) is 0 Å². The maximum absolute atomic E-state index is 14.1. The van der Waals surface area contributed by atoms with E-state index in [-0.39, 0.29) is 44.8 Å². The van der Waals surface area contributed by atoms with E-state index in [0.717, 1.165) is 32.9 Å². The molecule has 1 heterocycles. The monoisotopic (exact) mass is 799 g/mol. The highest BCUT2D eigenvalue weighted by atomic mass is 79.9. The number of hydrogen-bond acceptors (Lipinski definition) is 5. The van der Waals surface area contributed by atoms with Crippen LogP contribution in [-0.4, -0.2) is 33.5 Å². The molecule has 0 saturated carbocycles. The highest BCUT2D eigenvalue weighted by Crippen LogP contribution is 2.36. The van der Waals surface area contributed by atoms with Gasteiger partial charge in [0.25, 0.3) is 11.8 Å². The maximum Gasteiger partial charge on any atom is 0.285 e. The van der Waals surface area contributed by atoms with Gasteiger partial charge in [0.2, 0.25) is 5.91 Å². The summed E-state index contributed by atoms with van der Waals surface area (Å²) in [6, 6.07) is 29.6. The van der Waals surface area contributed by atoms with E-state index in [1.165, 1.54) is 11.0 Å². The van der Waals surface area contributed by atoms with Crippen molar-refractivity contribution in [2.75, 3.05) is 5.75 Å². The summed E-state index contributed by atoms with van der Waals surface area (Å²) in [5, 5.41) is 3.56. The van der Waals surface area contributed by atoms with Gasteiger partial charge in [0.1, 0.15) is 12.2 Å². The lowest BCUT2D eigenvalue weighted by atomic mass is 9.99. The van der Waals surface area contributed by atoms with Crippen molar-refractivity contribution >= 4 is 79.9 Å². The van der Waals surface area contributed by atoms with Crippen molar-refractivity contribution in [3.8, 4) is 5.75 Å². The van der Waals surface area contributed by atoms with Crippen LogP contribution < -0.4 is 10.1 Å². The van der Waals surface area contributed by atoms with Crippen LogP contribution in [0.4, 0.5) is 0 Å². The Morgan fingerprint density at radius 2 is 1.59 bits per heavy atom. The van der Waals surface area contributed by atoms with Crippen molar-refractivity contribution in [2.24, 2.45) is 4.99 Å². The molecule has 5 rings (SSSR count). The highest BCUT2D eigenvalue weighted by Gasteiger charge is 2.35. The fourth-order valence-corrected chi connectivity index (χ4v) is 6.78. The van der Waals surface area contributed by atoms with E-state index in [0.29, 0.717) is 11.3 Å². The molecule has 11 heteroatoms. The summed E-state index contributed by atoms with van der Waals surface area (Å²) in [6.07, 6.45) is 7.98. The molecule has 258 valence electrons. The summed E-state index contributed by atoms with van der Waals surface area (Å²) in [7, 11) is 0. The molecule has 51 heavy (non-hydrogen) atoms. The predicted molar refractivity (Wildman–Crippen MR) is 211 cm³/mol. The van der Waals surface area contributed by atoms with Gasteiger partial charge >= 0.3 is 0 Å². The zero-order valence-corrected chi connectivity index (χ0v) is 31.3. The Morgan fingerprint density at radius 1 is 0.980 bits per heavy atom. The molecule has 4 aromatic carbocycles. The number of amides is 3. The molecule has 1 aliphatic heterocycles. The summed E-state index contributed by atoms with van der Waals surface area (Å²) in [5.74, 6) is -1.54. The molecule has 0 aliphatic carbocycles. The van der Waals surface area contributed by atoms with Crippen molar-refractivity contribution in [2.45, 2.75) is 19.6 Å². The number of aliphatic imine (C=N–C) groups is 1. The van der Waals surface area contributed by atoms with Crippen molar-refractivity contribution in [3.63, 3.8) is 0 Å². The molecule has 0 atom stereocenters. The van der Waals surface area contributed by atoms with Gasteiger partial charge in [-0.05, 0) is 65.6 Å². The second-order valence-electron chi connectivity index (χ2n) is 11.0. The number of halogens is 3. The minimum absolute atomic E-state index is 0.0582. The standard InChI is InChI=1S/C40H32BrCl2N3O4S/c1-3-5-16-31(4-2)46-39(49)32(21-27-22-33(42)37(34(43)23-27)50-24-26-17-19-30(41)20-18-26)38(48)45-40(46)51-25-35(47)44-36(28-12-8-6-9-13-28)29-14-10-7-11-15-29/h3-23,36H,1,24-25H2,2H3,(H,44,47)/b16-5-,31-4+,32-21+. The lowest BCUT2D eigenvalue weighted by molar-refractivity contribution is -0.126. The number of nitrogens with zero attached hydrogens (tertiary/aromatic N) is 2. The molecule has 0 aromatic heterocycles. The third kappa shape index (κ3) is 9.77. The van der Waals surface area contributed by atoms with Gasteiger partial charge in [-0.1, -0.05) is 148 Å². The van der Waals surface area contributed by atoms with Crippen LogP contribution in [0.3, 0.4) is 0 Å². The van der Waals surface area contributed by atoms with E-state index in [1.807, 2.05) is 84.9 Å². The number of ether oxygens (including phenoxy) is 1. The van der Waals surface area contributed by atoms with Crippen LogP contribution in [0.1, 0.15) is 35.2 Å². The number of amidine groups is 1. The average Bonchev–Trinajstić information content (AvgIpc) is 3.13. The second kappa shape index (κ2) is 18.0. The Hall–Kier alpha value is -4.67. The number of nitrogens with one attached hydrogen (secondary N) is 1. The largest absolute Gasteiger partial charge is 0.486 e. The van der Waals surface area contributed by atoms with Crippen LogP contribution in [-0.2, 0) is 21.0 Å². The molecule has 0 saturated heterocycles. The maximum atomic E-state index is 14.1. The number of benzene rings is 4. The van der Waals surface area contributed by atoms with Crippen LogP contribution in [0.5, 0.6) is 5.75 Å². The van der Waals surface area contributed by atoms with E-state index in [9.17, 15) is 14.4 Å². The molecule has 0 unspecified atom stereocenters. The Kier molecular flexibility index (Phi) is 13.3. The molecule has 1 N–H and O–H groups in total. The summed E-state index contributed by atoms with van der Waals surface area (Å²) >= 11 is 17.5. The fraction of sp³-hybridized carbons (Fsp3) is 0.100. The van der Waals surface area contributed by atoms with Gasteiger partial charge < -0.3 is 10.1 Å². The molecular weight excluding hydrogens is 769 g/mol. The van der Waals surface area contributed by atoms with Gasteiger partial charge in [-0.2, -0.15) is 4.99 Å². The normalized spacial score (nSPS) is 14.3. The Bertz CT molecular complexity index is 1990. The van der Waals surface area contributed by atoms with Gasteiger partial charge in [-0.3, -0.25) is 19.3 Å². The zero-order valence-electron chi connectivity index (χ0n) is 27.4. The Labute approximate surface area is 319 Å². The number of carbonyl (C=O) groups excluding carboxylic acids is 3. The summed E-state index contributed by atoms with van der Waals surface area (Å²) < 4.78 is 6.84. The van der Waals surface area contributed by atoms with E-state index in [1.54, 1.807) is 43.4 Å². The first-order chi connectivity index (χ1) is 24.7. The number of hydrogen-bond donors (Lipinski definition) is 1. The topological polar surface area (TPSA) is 88.1 Å². The quantitative estimate of drug-likeness (QED) is 0.0876. The predicted octanol–water partition coefficient (Wildman–Crippen LogP) is 9.73. The smallest absolute Gasteiger partial charge is 0.285 e. The van der Waals surface area contributed by atoms with E-state index < -0.39 is 17.9 Å². The molecular formula is C40H32BrCl2N3O4S. The molecule has 0 bridgehead atoms. The molecule has 3 amide bonds.